The first-order valence-electron chi connectivity index (χ1n) is 8.62. The summed E-state index contributed by atoms with van der Waals surface area (Å²) >= 11 is 0. The van der Waals surface area contributed by atoms with E-state index in [1.165, 1.54) is 32.8 Å². The molecule has 0 spiro atoms. The van der Waals surface area contributed by atoms with E-state index in [-0.39, 0.29) is 67.7 Å². The Hall–Kier alpha value is 1.14. The van der Waals surface area contributed by atoms with Crippen molar-refractivity contribution in [1.29, 1.82) is 0 Å². The van der Waals surface area contributed by atoms with Gasteiger partial charge in [0.1, 0.15) is 6.04 Å². The summed E-state index contributed by atoms with van der Waals surface area (Å²) in [6, 6.07) is -0.144. The Morgan fingerprint density at radius 3 is 1.56 bits per heavy atom. The van der Waals surface area contributed by atoms with Crippen molar-refractivity contribution in [2.45, 2.75) is 72.8 Å². The van der Waals surface area contributed by atoms with Crippen molar-refractivity contribution < 1.29 is 65.2 Å². The Labute approximate surface area is 193 Å². The molecule has 149 valence electrons. The Balaban J connectivity index is -0.0000000503. The van der Waals surface area contributed by atoms with Crippen LogP contribution >= 0.6 is 0 Å². The molecule has 1 aliphatic heterocycles. The maximum absolute atomic E-state index is 10.7. The van der Waals surface area contributed by atoms with Gasteiger partial charge >= 0.3 is 24.5 Å². The van der Waals surface area contributed by atoms with Gasteiger partial charge in [0.25, 0.3) is 0 Å². The molecule has 0 aromatic carbocycles. The molecular weight excluding hydrogens is 429 g/mol. The third-order valence-electron chi connectivity index (χ3n) is 3.19. The van der Waals surface area contributed by atoms with Crippen molar-refractivity contribution in [3.63, 3.8) is 0 Å². The van der Waals surface area contributed by atoms with Crippen molar-refractivity contribution in [2.75, 3.05) is 27.2 Å². The van der Waals surface area contributed by atoms with Gasteiger partial charge in [-0.1, -0.05) is 53.4 Å². The molecule has 0 aliphatic carbocycles. The Morgan fingerprint density at radius 1 is 1.08 bits per heavy atom. The van der Waals surface area contributed by atoms with E-state index in [0.717, 1.165) is 25.4 Å². The van der Waals surface area contributed by atoms with E-state index in [4.69, 9.17) is 0 Å². The molecule has 25 heavy (non-hydrogen) atoms. The minimum Gasteiger partial charge on any atom is -0.662 e. The van der Waals surface area contributed by atoms with Crippen LogP contribution in [-0.2, 0) is 65.2 Å². The predicted molar refractivity (Wildman–Crippen MR) is 98.3 cm³/mol. The van der Waals surface area contributed by atoms with Gasteiger partial charge in [0.2, 0.25) is 0 Å². The number of ether oxygens (including phenoxy) is 1. The normalized spacial score (nSPS) is 12.5. The Morgan fingerprint density at radius 2 is 1.48 bits per heavy atom. The standard InChI is InChI=1S/C6H13NO2.C5H10N.C5H12.C2H5.3V/c1-4-5(7-2)6(8)9-3;1-2-4-6-5-3-1;1-4-5(2)3;1-2;;;/h5,7H,4H2,1-3H3;1-5H2;5H,4H2,1-3H3;1H2,2H3;;;/q;-1;;-1;;;+2. The number of carbonyl (C=O) groups excluding carboxylic acids is 1. The van der Waals surface area contributed by atoms with E-state index in [1.807, 2.05) is 6.92 Å². The van der Waals surface area contributed by atoms with Crippen LogP contribution in [0, 0.1) is 12.8 Å². The van der Waals surface area contributed by atoms with Crippen molar-refractivity contribution in [1.82, 2.24) is 5.32 Å². The van der Waals surface area contributed by atoms with Crippen molar-refractivity contribution >= 4 is 5.97 Å². The number of esters is 1. The van der Waals surface area contributed by atoms with Gasteiger partial charge in [0.15, 0.2) is 0 Å². The average Bonchev–Trinajstić information content (AvgIpc) is 2.60. The first-order valence-corrected chi connectivity index (χ1v) is 8.62. The van der Waals surface area contributed by atoms with Crippen LogP contribution in [0.25, 0.3) is 5.32 Å². The van der Waals surface area contributed by atoms with E-state index < -0.39 is 0 Å². The van der Waals surface area contributed by atoms with Gasteiger partial charge in [-0.15, -0.1) is 13.1 Å². The third-order valence-corrected chi connectivity index (χ3v) is 3.19. The van der Waals surface area contributed by atoms with Gasteiger partial charge in [-0.05, 0) is 19.4 Å². The maximum Gasteiger partial charge on any atom is 2.00 e. The number of likely N-dealkylation sites (N-methyl/N-ethyl adjacent to an activating group) is 1. The number of carbonyl (C=O) groups is 1. The molecule has 1 saturated heterocycles. The second-order valence-electron chi connectivity index (χ2n) is 5.31. The molecule has 7 heteroatoms. The summed E-state index contributed by atoms with van der Waals surface area (Å²) in [5.41, 5.74) is 0. The van der Waals surface area contributed by atoms with Crippen molar-refractivity contribution in [3.05, 3.63) is 12.2 Å². The third kappa shape index (κ3) is 36.7. The van der Waals surface area contributed by atoms with Crippen LogP contribution in [0.3, 0.4) is 0 Å². The smallest absolute Gasteiger partial charge is 0.662 e. The molecule has 3 radical (unpaired) electrons. The number of rotatable bonds is 4. The van der Waals surface area contributed by atoms with E-state index in [2.05, 4.69) is 43.1 Å². The van der Waals surface area contributed by atoms with Crippen LogP contribution in [0.1, 0.15) is 66.7 Å². The average molecular weight is 469 g/mol. The molecule has 1 heterocycles. The quantitative estimate of drug-likeness (QED) is 0.484. The van der Waals surface area contributed by atoms with Gasteiger partial charge < -0.3 is 22.3 Å². The first kappa shape index (κ1) is 40.7. The zero-order valence-corrected chi connectivity index (χ0v) is 21.6. The summed E-state index contributed by atoms with van der Waals surface area (Å²) in [4.78, 5) is 10.7. The van der Waals surface area contributed by atoms with Crippen molar-refractivity contribution in [3.8, 4) is 0 Å². The summed E-state index contributed by atoms with van der Waals surface area (Å²) in [5.74, 6) is 0.690. The SMILES string of the molecule is C1CC[N-]CC1.CCC(C)C.CCC(NC)C(=O)OC.[CH2-]C.[V+2].[V].[V]. The monoisotopic (exact) mass is 469 g/mol. The molecule has 1 unspecified atom stereocenters. The van der Waals surface area contributed by atoms with E-state index in [0.29, 0.717) is 0 Å². The number of nitrogens with zero attached hydrogens (tertiary/aromatic N) is 1. The molecule has 0 aromatic heterocycles. The predicted octanol–water partition coefficient (Wildman–Crippen LogP) is 4.59. The van der Waals surface area contributed by atoms with Crippen LogP contribution in [-0.4, -0.2) is 39.3 Å². The molecule has 1 atom stereocenters. The summed E-state index contributed by atoms with van der Waals surface area (Å²) in [6.45, 7) is 15.8. The fourth-order valence-corrected chi connectivity index (χ4v) is 1.37. The molecule has 1 N–H and O–H groups in total. The van der Waals surface area contributed by atoms with Crippen LogP contribution in [0.5, 0.6) is 0 Å². The number of piperidine rings is 1. The molecule has 4 nitrogen and oxygen atoms in total. The Bertz CT molecular complexity index is 203. The summed E-state index contributed by atoms with van der Waals surface area (Å²) < 4.78 is 4.49. The van der Waals surface area contributed by atoms with E-state index in [1.54, 1.807) is 14.0 Å². The summed E-state index contributed by atoms with van der Waals surface area (Å²) in [6.07, 6.45) is 6.15. The Kier molecular flexibility index (Phi) is 58.9. The fourth-order valence-electron chi connectivity index (χ4n) is 1.37. The van der Waals surface area contributed by atoms with Gasteiger partial charge in [-0.2, -0.15) is 6.92 Å². The largest absolute Gasteiger partial charge is 2.00 e. The van der Waals surface area contributed by atoms with Gasteiger partial charge in [0.05, 0.1) is 7.11 Å². The zero-order valence-electron chi connectivity index (χ0n) is 17.4. The number of hydrogen-bond donors (Lipinski definition) is 1. The number of methoxy groups -OCH3 is 1. The topological polar surface area (TPSA) is 52.4 Å². The summed E-state index contributed by atoms with van der Waals surface area (Å²) in [5, 5.41) is 7.00. The second-order valence-corrected chi connectivity index (χ2v) is 5.31. The van der Waals surface area contributed by atoms with Gasteiger partial charge in [-0.25, -0.2) is 0 Å². The van der Waals surface area contributed by atoms with Crippen LogP contribution < -0.4 is 5.32 Å². The number of hydrogen-bond acceptors (Lipinski definition) is 3. The van der Waals surface area contributed by atoms with Gasteiger partial charge in [0, 0.05) is 37.1 Å². The molecule has 0 aromatic rings. The number of nitrogens with one attached hydrogen (secondary N) is 1. The summed E-state index contributed by atoms with van der Waals surface area (Å²) in [7, 11) is 3.13. The maximum atomic E-state index is 10.7. The minimum absolute atomic E-state index is 0. The molecule has 0 bridgehead atoms. The fraction of sp³-hybridized carbons (Fsp3) is 0.889. The molecule has 1 fully saturated rings. The van der Waals surface area contributed by atoms with Gasteiger partial charge in [-0.3, -0.25) is 4.79 Å². The van der Waals surface area contributed by atoms with Crippen LogP contribution in [0.15, 0.2) is 0 Å². The van der Waals surface area contributed by atoms with Crippen LogP contribution in [0.2, 0.25) is 0 Å². The molecular formula is C18H40N2O2V3. The first-order chi connectivity index (χ1) is 10.5. The molecule has 1 aliphatic rings. The molecule has 1 rings (SSSR count). The zero-order chi connectivity index (χ0) is 17.8. The van der Waals surface area contributed by atoms with E-state index >= 15 is 0 Å². The van der Waals surface area contributed by atoms with Crippen LogP contribution in [0.4, 0.5) is 0 Å². The second kappa shape index (κ2) is 36.1. The van der Waals surface area contributed by atoms with E-state index in [9.17, 15) is 4.79 Å². The molecule has 0 amide bonds. The van der Waals surface area contributed by atoms with Crippen molar-refractivity contribution in [2.24, 2.45) is 5.92 Å². The molecule has 0 saturated carbocycles. The minimum atomic E-state index is -0.194.